The van der Waals surface area contributed by atoms with Crippen molar-refractivity contribution < 1.29 is 0 Å². The Balaban J connectivity index is 2.55. The lowest BCUT2D eigenvalue weighted by Crippen LogP contribution is -2.47. The van der Waals surface area contributed by atoms with Gasteiger partial charge in [-0.15, -0.1) is 0 Å². The van der Waals surface area contributed by atoms with E-state index in [4.69, 9.17) is 0 Å². The van der Waals surface area contributed by atoms with Gasteiger partial charge in [0.05, 0.1) is 0 Å². The lowest BCUT2D eigenvalue weighted by Gasteiger charge is -2.43. The Morgan fingerprint density at radius 3 is 2.58 bits per heavy atom. The van der Waals surface area contributed by atoms with Crippen LogP contribution < -0.4 is 5.32 Å². The van der Waals surface area contributed by atoms with Crippen LogP contribution in [-0.4, -0.2) is 37.6 Å². The van der Waals surface area contributed by atoms with Gasteiger partial charge >= 0.3 is 0 Å². The highest BCUT2D eigenvalue weighted by Crippen LogP contribution is 2.39. The molecule has 1 rings (SSSR count). The number of nitrogens with one attached hydrogen (secondary N) is 1. The molecule has 2 atom stereocenters. The number of rotatable bonds is 7. The number of nitrogens with zero attached hydrogens (tertiary/aromatic N) is 1. The molecule has 1 fully saturated rings. The van der Waals surface area contributed by atoms with Crippen LogP contribution >= 0.6 is 0 Å². The molecule has 2 heteroatoms. The van der Waals surface area contributed by atoms with Crippen LogP contribution in [0.3, 0.4) is 0 Å². The summed E-state index contributed by atoms with van der Waals surface area (Å²) in [6.07, 6.45) is 5.34. The first-order valence-corrected chi connectivity index (χ1v) is 8.26. The van der Waals surface area contributed by atoms with Crippen LogP contribution in [-0.2, 0) is 0 Å². The van der Waals surface area contributed by atoms with Crippen LogP contribution in [0.4, 0.5) is 0 Å². The van der Waals surface area contributed by atoms with Gasteiger partial charge in [-0.1, -0.05) is 34.6 Å². The van der Waals surface area contributed by atoms with Crippen molar-refractivity contribution in [3.63, 3.8) is 0 Å². The van der Waals surface area contributed by atoms with Crippen molar-refractivity contribution in [3.8, 4) is 0 Å². The van der Waals surface area contributed by atoms with E-state index in [0.29, 0.717) is 5.41 Å². The second kappa shape index (κ2) is 7.64. The Morgan fingerprint density at radius 2 is 2.00 bits per heavy atom. The van der Waals surface area contributed by atoms with Crippen molar-refractivity contribution in [1.29, 1.82) is 0 Å². The topological polar surface area (TPSA) is 15.3 Å². The molecule has 1 saturated carbocycles. The summed E-state index contributed by atoms with van der Waals surface area (Å²) in [5, 5.41) is 3.79. The van der Waals surface area contributed by atoms with E-state index in [0.717, 1.165) is 17.9 Å². The third-order valence-electron chi connectivity index (χ3n) is 4.40. The van der Waals surface area contributed by atoms with E-state index in [1.165, 1.54) is 45.3 Å². The Kier molecular flexibility index (Phi) is 6.82. The minimum absolute atomic E-state index is 0.535. The zero-order chi connectivity index (χ0) is 14.5. The minimum atomic E-state index is 0.535. The van der Waals surface area contributed by atoms with Crippen molar-refractivity contribution >= 4 is 0 Å². The maximum Gasteiger partial charge on any atom is 0.0108 e. The highest BCUT2D eigenvalue weighted by atomic mass is 15.1. The van der Waals surface area contributed by atoms with Gasteiger partial charge in [-0.05, 0) is 56.5 Å². The van der Waals surface area contributed by atoms with Crippen LogP contribution in [0.15, 0.2) is 0 Å². The van der Waals surface area contributed by atoms with Crippen molar-refractivity contribution in [2.75, 3.05) is 26.7 Å². The summed E-state index contributed by atoms with van der Waals surface area (Å²) in [5.74, 6) is 1.59. The van der Waals surface area contributed by atoms with Crippen LogP contribution in [0.1, 0.15) is 60.3 Å². The van der Waals surface area contributed by atoms with E-state index in [-0.39, 0.29) is 0 Å². The van der Waals surface area contributed by atoms with Crippen molar-refractivity contribution in [2.24, 2.45) is 17.3 Å². The van der Waals surface area contributed by atoms with E-state index in [2.05, 4.69) is 51.9 Å². The fourth-order valence-corrected chi connectivity index (χ4v) is 3.62. The lowest BCUT2D eigenvalue weighted by molar-refractivity contribution is 0.105. The molecule has 0 heterocycles. The van der Waals surface area contributed by atoms with Crippen LogP contribution in [0.2, 0.25) is 0 Å². The number of hydrogen-bond donors (Lipinski definition) is 1. The van der Waals surface area contributed by atoms with E-state index < -0.39 is 0 Å². The monoisotopic (exact) mass is 268 g/mol. The van der Waals surface area contributed by atoms with E-state index in [9.17, 15) is 0 Å². The molecule has 1 aliphatic rings. The maximum absolute atomic E-state index is 3.79. The van der Waals surface area contributed by atoms with Gasteiger partial charge in [0.15, 0.2) is 0 Å². The molecule has 2 nitrogen and oxygen atoms in total. The van der Waals surface area contributed by atoms with E-state index in [1.807, 2.05) is 0 Å². The Labute approximate surface area is 121 Å². The maximum atomic E-state index is 3.79. The minimum Gasteiger partial charge on any atom is -0.314 e. The van der Waals surface area contributed by atoms with Crippen LogP contribution in [0.25, 0.3) is 0 Å². The molecule has 19 heavy (non-hydrogen) atoms. The van der Waals surface area contributed by atoms with Gasteiger partial charge in [0, 0.05) is 19.1 Å². The second-order valence-corrected chi connectivity index (χ2v) is 7.84. The van der Waals surface area contributed by atoms with Gasteiger partial charge in [0.25, 0.3) is 0 Å². The van der Waals surface area contributed by atoms with Gasteiger partial charge in [0.1, 0.15) is 0 Å². The molecule has 1 aliphatic carbocycles. The first kappa shape index (κ1) is 17.0. The predicted octanol–water partition coefficient (Wildman–Crippen LogP) is 3.77. The van der Waals surface area contributed by atoms with Crippen LogP contribution in [0.5, 0.6) is 0 Å². The third kappa shape index (κ3) is 6.27. The summed E-state index contributed by atoms with van der Waals surface area (Å²) in [5.41, 5.74) is 0.535. The largest absolute Gasteiger partial charge is 0.314 e. The molecule has 2 unspecified atom stereocenters. The summed E-state index contributed by atoms with van der Waals surface area (Å²) < 4.78 is 0. The highest BCUT2D eigenvalue weighted by Gasteiger charge is 2.34. The summed E-state index contributed by atoms with van der Waals surface area (Å²) in [6, 6.07) is 0.739. The van der Waals surface area contributed by atoms with Gasteiger partial charge in [-0.25, -0.2) is 0 Å². The lowest BCUT2D eigenvalue weighted by atomic mass is 9.69. The summed E-state index contributed by atoms with van der Waals surface area (Å²) in [6.45, 7) is 15.4. The molecule has 0 bridgehead atoms. The standard InChI is InChI=1S/C17H36N2/c1-7-10-18-16-8-9-17(4,5)11-15(16)13-19(6)12-14(2)3/h14-16,18H,7-13H2,1-6H3. The second-order valence-electron chi connectivity index (χ2n) is 7.84. The summed E-state index contributed by atoms with van der Waals surface area (Å²) >= 11 is 0. The zero-order valence-corrected chi connectivity index (χ0v) is 14.1. The molecule has 0 amide bonds. The highest BCUT2D eigenvalue weighted by molar-refractivity contribution is 4.90. The molecule has 0 aliphatic heterocycles. The molecule has 0 spiro atoms. The number of hydrogen-bond acceptors (Lipinski definition) is 2. The van der Waals surface area contributed by atoms with Gasteiger partial charge in [0.2, 0.25) is 0 Å². The van der Waals surface area contributed by atoms with E-state index in [1.54, 1.807) is 0 Å². The normalized spacial score (nSPS) is 27.2. The van der Waals surface area contributed by atoms with Crippen molar-refractivity contribution in [3.05, 3.63) is 0 Å². The SMILES string of the molecule is CCCNC1CCC(C)(C)CC1CN(C)CC(C)C. The molecule has 1 N–H and O–H groups in total. The predicted molar refractivity (Wildman–Crippen MR) is 85.5 cm³/mol. The fraction of sp³-hybridized carbons (Fsp3) is 1.00. The first-order valence-electron chi connectivity index (χ1n) is 8.26. The quantitative estimate of drug-likeness (QED) is 0.756. The van der Waals surface area contributed by atoms with Gasteiger partial charge < -0.3 is 10.2 Å². The van der Waals surface area contributed by atoms with Gasteiger partial charge in [-0.2, -0.15) is 0 Å². The Morgan fingerprint density at radius 1 is 1.32 bits per heavy atom. The Bertz CT molecular complexity index is 248. The summed E-state index contributed by atoms with van der Waals surface area (Å²) in [4.78, 5) is 2.54. The molecule has 0 aromatic carbocycles. The average Bonchev–Trinajstić information content (AvgIpc) is 2.26. The van der Waals surface area contributed by atoms with E-state index >= 15 is 0 Å². The first-order chi connectivity index (χ1) is 8.84. The molecule has 0 radical (unpaired) electrons. The average molecular weight is 268 g/mol. The molecule has 0 saturated heterocycles. The Hall–Kier alpha value is -0.0800. The molecule has 114 valence electrons. The molecular formula is C17H36N2. The smallest absolute Gasteiger partial charge is 0.0108 e. The fourth-order valence-electron chi connectivity index (χ4n) is 3.62. The zero-order valence-electron chi connectivity index (χ0n) is 14.1. The third-order valence-corrected chi connectivity index (χ3v) is 4.40. The summed E-state index contributed by atoms with van der Waals surface area (Å²) in [7, 11) is 2.29. The molecule has 0 aromatic rings. The van der Waals surface area contributed by atoms with Crippen molar-refractivity contribution in [1.82, 2.24) is 10.2 Å². The molecular weight excluding hydrogens is 232 g/mol. The molecule has 0 aromatic heterocycles. The van der Waals surface area contributed by atoms with Crippen LogP contribution in [0, 0.1) is 17.3 Å². The van der Waals surface area contributed by atoms with Crippen molar-refractivity contribution in [2.45, 2.75) is 66.3 Å². The van der Waals surface area contributed by atoms with Gasteiger partial charge in [-0.3, -0.25) is 0 Å².